The summed E-state index contributed by atoms with van der Waals surface area (Å²) in [7, 11) is 0. The molecule has 2 nitrogen and oxygen atoms in total. The highest BCUT2D eigenvalue weighted by Gasteiger charge is 2.11. The Morgan fingerprint density at radius 1 is 1.64 bits per heavy atom. The van der Waals surface area contributed by atoms with Gasteiger partial charge in [0.1, 0.15) is 5.78 Å². The molecule has 0 bridgehead atoms. The third-order valence-corrected chi connectivity index (χ3v) is 1.53. The fraction of sp³-hybridized carbons (Fsp3) is 0.333. The number of Topliss-reactive ketones (excluding diaryl/α,β-unsaturated/α-hetero) is 2. The topological polar surface area (TPSA) is 34.1 Å². The zero-order valence-corrected chi connectivity index (χ0v) is 6.46. The second kappa shape index (κ2) is 3.28. The van der Waals surface area contributed by atoms with E-state index in [1.54, 1.807) is 12.2 Å². The number of ketones is 2. The van der Waals surface area contributed by atoms with Gasteiger partial charge in [0.2, 0.25) is 0 Å². The zero-order valence-electron chi connectivity index (χ0n) is 6.46. The molecule has 0 atom stereocenters. The van der Waals surface area contributed by atoms with Gasteiger partial charge in [-0.05, 0) is 6.92 Å². The predicted octanol–water partition coefficient (Wildman–Crippen LogP) is 1.42. The lowest BCUT2D eigenvalue weighted by atomic mass is 9.99. The lowest BCUT2D eigenvalue weighted by Crippen LogP contribution is -2.07. The summed E-state index contributed by atoms with van der Waals surface area (Å²) >= 11 is 0. The fourth-order valence-corrected chi connectivity index (χ4v) is 1.01. The minimum atomic E-state index is 0.0416. The van der Waals surface area contributed by atoms with Crippen LogP contribution in [0.15, 0.2) is 23.8 Å². The Morgan fingerprint density at radius 3 is 2.91 bits per heavy atom. The normalized spacial score (nSPS) is 16.5. The maximum absolute atomic E-state index is 11.1. The van der Waals surface area contributed by atoms with Crippen LogP contribution in [0.3, 0.4) is 0 Å². The molecule has 0 saturated carbocycles. The van der Waals surface area contributed by atoms with Crippen molar-refractivity contribution < 1.29 is 9.59 Å². The lowest BCUT2D eigenvalue weighted by Gasteiger charge is -2.04. The van der Waals surface area contributed by atoms with E-state index in [1.807, 2.05) is 6.08 Å². The molecule has 58 valence electrons. The van der Waals surface area contributed by atoms with Crippen LogP contribution in [0.1, 0.15) is 19.8 Å². The van der Waals surface area contributed by atoms with Crippen LogP contribution in [0.4, 0.5) is 0 Å². The van der Waals surface area contributed by atoms with Gasteiger partial charge < -0.3 is 0 Å². The summed E-state index contributed by atoms with van der Waals surface area (Å²) in [6, 6.07) is 0. The quantitative estimate of drug-likeness (QED) is 0.596. The molecule has 0 N–H and O–H groups in total. The first kappa shape index (κ1) is 7.92. The van der Waals surface area contributed by atoms with Crippen molar-refractivity contribution in [1.29, 1.82) is 0 Å². The first-order chi connectivity index (χ1) is 5.20. The third-order valence-electron chi connectivity index (χ3n) is 1.53. The first-order valence-electron chi connectivity index (χ1n) is 3.58. The van der Waals surface area contributed by atoms with E-state index in [1.165, 1.54) is 6.92 Å². The standard InChI is InChI=1S/C9H10O2/c1-7(10)6-8-4-2-3-5-9(8)11/h2-4H,5-6H2,1H3. The van der Waals surface area contributed by atoms with E-state index in [2.05, 4.69) is 0 Å². The Hall–Kier alpha value is -1.18. The van der Waals surface area contributed by atoms with Crippen molar-refractivity contribution >= 4 is 11.6 Å². The van der Waals surface area contributed by atoms with Gasteiger partial charge in [0.25, 0.3) is 0 Å². The average molecular weight is 150 g/mol. The van der Waals surface area contributed by atoms with Crippen molar-refractivity contribution in [3.05, 3.63) is 23.8 Å². The average Bonchev–Trinajstić information content (AvgIpc) is 1.93. The predicted molar refractivity (Wildman–Crippen MR) is 42.1 cm³/mol. The molecule has 1 aliphatic carbocycles. The summed E-state index contributed by atoms with van der Waals surface area (Å²) in [5.74, 6) is 0.114. The van der Waals surface area contributed by atoms with Crippen LogP contribution in [0, 0.1) is 0 Å². The number of hydrogen-bond acceptors (Lipinski definition) is 2. The van der Waals surface area contributed by atoms with Gasteiger partial charge in [-0.15, -0.1) is 0 Å². The summed E-state index contributed by atoms with van der Waals surface area (Å²) in [5, 5.41) is 0. The molecule has 0 aromatic rings. The summed E-state index contributed by atoms with van der Waals surface area (Å²) in [6.45, 7) is 1.49. The summed E-state index contributed by atoms with van der Waals surface area (Å²) in [5.41, 5.74) is 0.639. The van der Waals surface area contributed by atoms with Crippen molar-refractivity contribution in [2.45, 2.75) is 19.8 Å². The monoisotopic (exact) mass is 150 g/mol. The summed E-state index contributed by atoms with van der Waals surface area (Å²) in [4.78, 5) is 21.7. The second-order valence-electron chi connectivity index (χ2n) is 2.63. The van der Waals surface area contributed by atoms with Gasteiger partial charge in [0, 0.05) is 18.4 Å². The molecular formula is C9H10O2. The molecule has 0 heterocycles. The van der Waals surface area contributed by atoms with Crippen LogP contribution in [-0.4, -0.2) is 11.6 Å². The summed E-state index contributed by atoms with van der Waals surface area (Å²) in [6.07, 6.45) is 6.06. The van der Waals surface area contributed by atoms with E-state index in [9.17, 15) is 9.59 Å². The van der Waals surface area contributed by atoms with Gasteiger partial charge in [-0.1, -0.05) is 18.2 Å². The maximum Gasteiger partial charge on any atom is 0.163 e. The van der Waals surface area contributed by atoms with E-state index < -0.39 is 0 Å². The van der Waals surface area contributed by atoms with Crippen molar-refractivity contribution in [2.24, 2.45) is 0 Å². The van der Waals surface area contributed by atoms with Crippen molar-refractivity contribution in [3.8, 4) is 0 Å². The number of allylic oxidation sites excluding steroid dienone is 4. The van der Waals surface area contributed by atoms with Crippen LogP contribution >= 0.6 is 0 Å². The van der Waals surface area contributed by atoms with Gasteiger partial charge >= 0.3 is 0 Å². The van der Waals surface area contributed by atoms with Gasteiger partial charge in [0.05, 0.1) is 0 Å². The molecule has 0 aliphatic heterocycles. The Balaban J connectivity index is 2.68. The maximum atomic E-state index is 11.1. The highest BCUT2D eigenvalue weighted by atomic mass is 16.1. The molecule has 0 unspecified atom stereocenters. The minimum Gasteiger partial charge on any atom is -0.300 e. The fourth-order valence-electron chi connectivity index (χ4n) is 1.01. The summed E-state index contributed by atoms with van der Waals surface area (Å²) < 4.78 is 0. The van der Waals surface area contributed by atoms with Crippen molar-refractivity contribution in [1.82, 2.24) is 0 Å². The molecule has 0 amide bonds. The van der Waals surface area contributed by atoms with E-state index in [-0.39, 0.29) is 18.0 Å². The third kappa shape index (κ3) is 2.15. The van der Waals surface area contributed by atoms with Gasteiger partial charge in [0.15, 0.2) is 5.78 Å². The van der Waals surface area contributed by atoms with Crippen molar-refractivity contribution in [3.63, 3.8) is 0 Å². The molecule has 1 rings (SSSR count). The molecule has 0 saturated heterocycles. The number of carbonyl (C=O) groups is 2. The molecule has 11 heavy (non-hydrogen) atoms. The van der Waals surface area contributed by atoms with Crippen LogP contribution in [0.2, 0.25) is 0 Å². The van der Waals surface area contributed by atoms with Crippen LogP contribution in [0.5, 0.6) is 0 Å². The van der Waals surface area contributed by atoms with E-state index in [0.29, 0.717) is 12.0 Å². The number of carbonyl (C=O) groups excluding carboxylic acids is 2. The molecule has 0 fully saturated rings. The van der Waals surface area contributed by atoms with Gasteiger partial charge in [-0.3, -0.25) is 9.59 Å². The minimum absolute atomic E-state index is 0.0416. The second-order valence-corrected chi connectivity index (χ2v) is 2.63. The van der Waals surface area contributed by atoms with Crippen LogP contribution < -0.4 is 0 Å². The number of hydrogen-bond donors (Lipinski definition) is 0. The lowest BCUT2D eigenvalue weighted by molar-refractivity contribution is -0.119. The van der Waals surface area contributed by atoms with E-state index in [0.717, 1.165) is 0 Å². The number of rotatable bonds is 2. The highest BCUT2D eigenvalue weighted by molar-refractivity contribution is 6.01. The molecular weight excluding hydrogens is 140 g/mol. The molecule has 1 aliphatic rings. The largest absolute Gasteiger partial charge is 0.300 e. The van der Waals surface area contributed by atoms with Crippen LogP contribution in [-0.2, 0) is 9.59 Å². The van der Waals surface area contributed by atoms with E-state index >= 15 is 0 Å². The Bertz CT molecular complexity index is 246. The highest BCUT2D eigenvalue weighted by Crippen LogP contribution is 2.11. The van der Waals surface area contributed by atoms with Gasteiger partial charge in [-0.2, -0.15) is 0 Å². The van der Waals surface area contributed by atoms with Gasteiger partial charge in [-0.25, -0.2) is 0 Å². The first-order valence-corrected chi connectivity index (χ1v) is 3.58. The smallest absolute Gasteiger partial charge is 0.163 e. The molecule has 0 spiro atoms. The molecule has 0 aromatic heterocycles. The zero-order chi connectivity index (χ0) is 8.27. The Kier molecular flexibility index (Phi) is 2.36. The van der Waals surface area contributed by atoms with E-state index in [4.69, 9.17) is 0 Å². The molecule has 2 heteroatoms. The van der Waals surface area contributed by atoms with Crippen molar-refractivity contribution in [2.75, 3.05) is 0 Å². The molecule has 0 aromatic carbocycles. The van der Waals surface area contributed by atoms with Crippen LogP contribution in [0.25, 0.3) is 0 Å². The Morgan fingerprint density at radius 2 is 2.36 bits per heavy atom. The molecule has 0 radical (unpaired) electrons. The Labute approximate surface area is 65.6 Å². The SMILES string of the molecule is CC(=O)CC1=CC=CCC1=O.